The van der Waals surface area contributed by atoms with Crippen LogP contribution in [0.3, 0.4) is 0 Å². The quantitative estimate of drug-likeness (QED) is 0.229. The summed E-state index contributed by atoms with van der Waals surface area (Å²) in [5.41, 5.74) is 6.41. The van der Waals surface area contributed by atoms with Crippen molar-refractivity contribution in [2.45, 2.75) is 20.8 Å². The van der Waals surface area contributed by atoms with Crippen LogP contribution in [0, 0.1) is 20.8 Å². The molecule has 0 fully saturated rings. The standard InChI is InChI=1S/C29H23N4O.Pt/c1-19-11-14-29(30-18-19)32-27-10-5-4-9-25(27)26-13-12-24(17-28(26)32)34-23-8-6-7-22(16-23)33-21(3)15-20(2)31-33;/h4-16,18H,1-3H3;. The van der Waals surface area contributed by atoms with Crippen LogP contribution in [-0.2, 0) is 19.8 Å². The fourth-order valence-electron chi connectivity index (χ4n) is 4.58. The van der Waals surface area contributed by atoms with Crippen LogP contribution in [0.5, 0.6) is 11.5 Å². The van der Waals surface area contributed by atoms with Gasteiger partial charge in [0.05, 0.1) is 0 Å². The van der Waals surface area contributed by atoms with Crippen LogP contribution in [-0.4, -0.2) is 19.3 Å². The van der Waals surface area contributed by atoms with Gasteiger partial charge in [-0.05, 0) is 0 Å². The zero-order valence-corrected chi connectivity index (χ0v) is 21.9. The van der Waals surface area contributed by atoms with Crippen molar-refractivity contribution in [1.82, 2.24) is 19.3 Å². The third-order valence-electron chi connectivity index (χ3n) is 6.13. The SMILES string of the molecule is Cc1ccc(-n2c3ccccc3c3ccc(Oc4cccc(-n5nc(C)cc5C)c4)[c]([Pt])c32)nc1. The molecule has 3 heterocycles. The normalized spacial score (nSPS) is 11.5. The summed E-state index contributed by atoms with van der Waals surface area (Å²) in [4.78, 5) is 4.74. The number of aromatic nitrogens is 4. The second-order valence-corrected chi connectivity index (χ2v) is 9.86. The minimum absolute atomic E-state index is 0.767. The van der Waals surface area contributed by atoms with Crippen molar-refractivity contribution in [3.05, 3.63) is 102 Å². The van der Waals surface area contributed by atoms with Crippen molar-refractivity contribution in [1.29, 1.82) is 0 Å². The van der Waals surface area contributed by atoms with Crippen molar-refractivity contribution < 1.29 is 24.6 Å². The number of aryl methyl sites for hydroxylation is 3. The van der Waals surface area contributed by atoms with E-state index in [9.17, 15) is 0 Å². The molecule has 0 spiro atoms. The summed E-state index contributed by atoms with van der Waals surface area (Å²) in [6.45, 7) is 6.12. The van der Waals surface area contributed by atoms with E-state index in [4.69, 9.17) is 9.72 Å². The molecule has 0 atom stereocenters. The van der Waals surface area contributed by atoms with Gasteiger partial charge in [-0.3, -0.25) is 0 Å². The third kappa shape index (κ3) is 3.77. The topological polar surface area (TPSA) is 44.9 Å². The average Bonchev–Trinajstić information content (AvgIpc) is 3.38. The fourth-order valence-corrected chi connectivity index (χ4v) is 5.45. The summed E-state index contributed by atoms with van der Waals surface area (Å²) in [6.07, 6.45) is 1.91. The van der Waals surface area contributed by atoms with E-state index in [-0.39, 0.29) is 0 Å². The van der Waals surface area contributed by atoms with Gasteiger partial charge >= 0.3 is 215 Å². The van der Waals surface area contributed by atoms with E-state index in [0.717, 1.165) is 54.9 Å². The van der Waals surface area contributed by atoms with E-state index in [2.05, 4.69) is 97.9 Å². The molecule has 0 aliphatic carbocycles. The molecular formula is C29H23N4OPt. The molecule has 35 heavy (non-hydrogen) atoms. The van der Waals surface area contributed by atoms with E-state index in [1.807, 2.05) is 42.1 Å². The van der Waals surface area contributed by atoms with Crippen LogP contribution in [0.15, 0.2) is 85.1 Å². The maximum absolute atomic E-state index is 6.45. The molecular weight excluding hydrogens is 615 g/mol. The molecule has 0 aliphatic heterocycles. The zero-order chi connectivity index (χ0) is 24.1. The van der Waals surface area contributed by atoms with Gasteiger partial charge in [0.2, 0.25) is 0 Å². The molecule has 0 radical (unpaired) electrons. The van der Waals surface area contributed by atoms with Gasteiger partial charge in [-0.15, -0.1) is 0 Å². The van der Waals surface area contributed by atoms with Crippen LogP contribution >= 0.6 is 0 Å². The van der Waals surface area contributed by atoms with Gasteiger partial charge in [0.15, 0.2) is 0 Å². The molecule has 0 N–H and O–H groups in total. The van der Waals surface area contributed by atoms with Gasteiger partial charge < -0.3 is 0 Å². The number of benzene rings is 3. The Morgan fingerprint density at radius 3 is 2.46 bits per heavy atom. The van der Waals surface area contributed by atoms with Crippen LogP contribution in [0.4, 0.5) is 0 Å². The summed E-state index contributed by atoms with van der Waals surface area (Å²) in [7, 11) is 0. The molecule has 0 bridgehead atoms. The van der Waals surface area contributed by atoms with Crippen LogP contribution in [0.25, 0.3) is 33.3 Å². The fraction of sp³-hybridized carbons (Fsp3) is 0.103. The Balaban J connectivity index is 1.50. The molecule has 0 unspecified atom stereocenters. The van der Waals surface area contributed by atoms with Gasteiger partial charge in [0.1, 0.15) is 0 Å². The summed E-state index contributed by atoms with van der Waals surface area (Å²) >= 11 is 2.38. The van der Waals surface area contributed by atoms with Crippen molar-refractivity contribution in [3.63, 3.8) is 0 Å². The van der Waals surface area contributed by atoms with Gasteiger partial charge in [0, 0.05) is 0 Å². The van der Waals surface area contributed by atoms with E-state index >= 15 is 0 Å². The summed E-state index contributed by atoms with van der Waals surface area (Å²) in [5.74, 6) is 2.47. The maximum atomic E-state index is 6.45. The van der Waals surface area contributed by atoms with Crippen molar-refractivity contribution >= 4 is 25.8 Å². The first-order valence-electron chi connectivity index (χ1n) is 11.4. The Hall–Kier alpha value is -3.69. The number of hydrogen-bond donors (Lipinski definition) is 0. The molecule has 0 saturated heterocycles. The summed E-state index contributed by atoms with van der Waals surface area (Å²) in [6, 6.07) is 26.9. The first-order valence-corrected chi connectivity index (χ1v) is 12.6. The van der Waals surface area contributed by atoms with Gasteiger partial charge in [-0.1, -0.05) is 0 Å². The first kappa shape index (κ1) is 21.8. The predicted octanol–water partition coefficient (Wildman–Crippen LogP) is 6.25. The molecule has 0 amide bonds. The summed E-state index contributed by atoms with van der Waals surface area (Å²) in [5, 5.41) is 6.99. The van der Waals surface area contributed by atoms with Crippen molar-refractivity contribution in [2.24, 2.45) is 0 Å². The van der Waals surface area contributed by atoms with E-state index in [0.29, 0.717) is 0 Å². The Morgan fingerprint density at radius 1 is 0.829 bits per heavy atom. The summed E-state index contributed by atoms with van der Waals surface area (Å²) < 4.78 is 11.7. The molecule has 0 saturated carbocycles. The Bertz CT molecular complexity index is 1710. The number of pyridine rings is 1. The Morgan fingerprint density at radius 2 is 1.69 bits per heavy atom. The average molecular weight is 639 g/mol. The van der Waals surface area contributed by atoms with E-state index in [1.165, 1.54) is 10.8 Å². The molecule has 5 nitrogen and oxygen atoms in total. The zero-order valence-electron chi connectivity index (χ0n) is 19.6. The molecule has 6 aromatic rings. The molecule has 6 rings (SSSR count). The van der Waals surface area contributed by atoms with Crippen LogP contribution in [0.1, 0.15) is 17.0 Å². The number of ether oxygens (including phenoxy) is 1. The van der Waals surface area contributed by atoms with Gasteiger partial charge in [0.25, 0.3) is 0 Å². The first-order chi connectivity index (χ1) is 17.0. The molecule has 175 valence electrons. The number of para-hydroxylation sites is 1. The minimum atomic E-state index is 0.767. The van der Waals surface area contributed by atoms with Gasteiger partial charge in [-0.2, -0.15) is 0 Å². The van der Waals surface area contributed by atoms with Crippen LogP contribution < -0.4 is 8.69 Å². The predicted molar refractivity (Wildman–Crippen MR) is 136 cm³/mol. The monoisotopic (exact) mass is 638 g/mol. The molecule has 3 aromatic heterocycles. The number of nitrogens with zero attached hydrogens (tertiary/aromatic N) is 4. The Labute approximate surface area is 214 Å². The second-order valence-electron chi connectivity index (χ2n) is 8.73. The number of fused-ring (bicyclic) bond motifs is 3. The number of hydrogen-bond acceptors (Lipinski definition) is 3. The molecule has 6 heteroatoms. The van der Waals surface area contributed by atoms with Gasteiger partial charge in [-0.25, -0.2) is 0 Å². The van der Waals surface area contributed by atoms with Crippen molar-refractivity contribution in [2.75, 3.05) is 0 Å². The van der Waals surface area contributed by atoms with Crippen molar-refractivity contribution in [3.8, 4) is 23.0 Å². The second kappa shape index (κ2) is 8.51. The third-order valence-corrected chi connectivity index (χ3v) is 7.23. The van der Waals surface area contributed by atoms with E-state index in [1.54, 1.807) is 0 Å². The number of rotatable bonds is 4. The molecule has 3 aromatic carbocycles. The van der Waals surface area contributed by atoms with E-state index < -0.39 is 0 Å². The molecule has 0 aliphatic rings. The van der Waals surface area contributed by atoms with Crippen LogP contribution in [0.2, 0.25) is 0 Å². The Kier molecular flexibility index (Phi) is 5.30.